The van der Waals surface area contributed by atoms with E-state index in [1.807, 2.05) is 12.1 Å². The molecule has 2 aromatic heterocycles. The molecule has 1 aliphatic rings. The molecular formula is C22H22ClN5O. The largest absolute Gasteiger partial charge is 0.352 e. The van der Waals surface area contributed by atoms with Crippen molar-refractivity contribution in [1.29, 1.82) is 0 Å². The Labute approximate surface area is 175 Å². The Balaban J connectivity index is 1.42. The van der Waals surface area contributed by atoms with Crippen LogP contribution < -0.4 is 4.90 Å². The third-order valence-electron chi connectivity index (χ3n) is 5.19. The fraction of sp³-hybridized carbons (Fsp3) is 0.273. The molecule has 29 heavy (non-hydrogen) atoms. The Kier molecular flexibility index (Phi) is 5.45. The van der Waals surface area contributed by atoms with E-state index < -0.39 is 0 Å². The number of nitrogens with zero attached hydrogens (tertiary/aromatic N) is 5. The monoisotopic (exact) mass is 407 g/mol. The fourth-order valence-corrected chi connectivity index (χ4v) is 3.79. The second-order valence-electron chi connectivity index (χ2n) is 7.22. The number of hydrogen-bond acceptors (Lipinski definition) is 5. The van der Waals surface area contributed by atoms with Gasteiger partial charge in [0.15, 0.2) is 5.82 Å². The minimum atomic E-state index is -0.0842. The predicted molar refractivity (Wildman–Crippen MR) is 114 cm³/mol. The van der Waals surface area contributed by atoms with E-state index in [1.54, 1.807) is 23.2 Å². The SMILES string of the molecule is Cc1ccc(-c2ccc(N3CCN(C(=O)c4cccnc4Cl)CC3)nn2)c(C)c1. The first-order valence-corrected chi connectivity index (χ1v) is 9.97. The number of aryl methyl sites for hydroxylation is 2. The molecule has 4 rings (SSSR count). The van der Waals surface area contributed by atoms with Crippen LogP contribution in [0.3, 0.4) is 0 Å². The van der Waals surface area contributed by atoms with Gasteiger partial charge >= 0.3 is 0 Å². The van der Waals surface area contributed by atoms with Gasteiger partial charge in [0.2, 0.25) is 0 Å². The highest BCUT2D eigenvalue weighted by Gasteiger charge is 2.24. The molecule has 0 unspecified atom stereocenters. The molecule has 3 heterocycles. The van der Waals surface area contributed by atoms with Crippen molar-refractivity contribution >= 4 is 23.3 Å². The summed E-state index contributed by atoms with van der Waals surface area (Å²) in [4.78, 5) is 20.6. The molecule has 0 saturated carbocycles. The van der Waals surface area contributed by atoms with Gasteiger partial charge < -0.3 is 9.80 Å². The summed E-state index contributed by atoms with van der Waals surface area (Å²) in [7, 11) is 0. The number of halogens is 1. The lowest BCUT2D eigenvalue weighted by Gasteiger charge is -2.35. The second kappa shape index (κ2) is 8.17. The average Bonchev–Trinajstić information content (AvgIpc) is 2.74. The summed E-state index contributed by atoms with van der Waals surface area (Å²) in [5, 5.41) is 9.10. The maximum Gasteiger partial charge on any atom is 0.257 e. The summed E-state index contributed by atoms with van der Waals surface area (Å²) >= 11 is 6.06. The van der Waals surface area contributed by atoms with Crippen LogP contribution in [-0.4, -0.2) is 52.2 Å². The molecule has 1 amide bonds. The van der Waals surface area contributed by atoms with Gasteiger partial charge in [-0.3, -0.25) is 4.79 Å². The third-order valence-corrected chi connectivity index (χ3v) is 5.49. The van der Waals surface area contributed by atoms with Crippen molar-refractivity contribution in [1.82, 2.24) is 20.1 Å². The van der Waals surface area contributed by atoms with E-state index >= 15 is 0 Å². The van der Waals surface area contributed by atoms with Gasteiger partial charge in [-0.15, -0.1) is 10.2 Å². The lowest BCUT2D eigenvalue weighted by Crippen LogP contribution is -2.49. The standard InChI is InChI=1S/C22H22ClN5O/c1-15-5-6-17(16(2)14-15)19-7-8-20(26-25-19)27-10-12-28(13-11-27)22(29)18-4-3-9-24-21(18)23/h3-9,14H,10-13H2,1-2H3. The van der Waals surface area contributed by atoms with E-state index in [4.69, 9.17) is 11.6 Å². The van der Waals surface area contributed by atoms with E-state index in [0.717, 1.165) is 17.1 Å². The van der Waals surface area contributed by atoms with Crippen molar-refractivity contribution in [2.75, 3.05) is 31.1 Å². The normalized spacial score (nSPS) is 14.2. The van der Waals surface area contributed by atoms with Crippen molar-refractivity contribution in [2.24, 2.45) is 0 Å². The van der Waals surface area contributed by atoms with Gasteiger partial charge in [-0.2, -0.15) is 0 Å². The number of carbonyl (C=O) groups is 1. The Bertz CT molecular complexity index is 1030. The number of rotatable bonds is 3. The van der Waals surface area contributed by atoms with Crippen molar-refractivity contribution in [3.8, 4) is 11.3 Å². The summed E-state index contributed by atoms with van der Waals surface area (Å²) in [6.45, 7) is 6.76. The first kappa shape index (κ1) is 19.3. The molecule has 1 fully saturated rings. The van der Waals surface area contributed by atoms with Crippen LogP contribution in [0.15, 0.2) is 48.7 Å². The Morgan fingerprint density at radius 1 is 1.00 bits per heavy atom. The minimum Gasteiger partial charge on any atom is -0.352 e. The molecule has 148 valence electrons. The van der Waals surface area contributed by atoms with Gasteiger partial charge in [0.1, 0.15) is 5.15 Å². The number of pyridine rings is 1. The number of anilines is 1. The Morgan fingerprint density at radius 2 is 1.79 bits per heavy atom. The van der Waals surface area contributed by atoms with Crippen LogP contribution in [0.1, 0.15) is 21.5 Å². The van der Waals surface area contributed by atoms with Gasteiger partial charge in [-0.05, 0) is 43.7 Å². The zero-order valence-corrected chi connectivity index (χ0v) is 17.2. The molecule has 7 heteroatoms. The highest BCUT2D eigenvalue weighted by atomic mass is 35.5. The smallest absolute Gasteiger partial charge is 0.257 e. The van der Waals surface area contributed by atoms with Crippen molar-refractivity contribution in [3.05, 3.63) is 70.5 Å². The lowest BCUT2D eigenvalue weighted by molar-refractivity contribution is 0.0746. The van der Waals surface area contributed by atoms with E-state index in [2.05, 4.69) is 52.1 Å². The van der Waals surface area contributed by atoms with Crippen LogP contribution in [0.2, 0.25) is 5.15 Å². The number of piperazine rings is 1. The van der Waals surface area contributed by atoms with Gasteiger partial charge in [0.05, 0.1) is 11.3 Å². The summed E-state index contributed by atoms with van der Waals surface area (Å²) < 4.78 is 0. The Morgan fingerprint density at radius 3 is 2.45 bits per heavy atom. The predicted octanol–water partition coefficient (Wildman–Crippen LogP) is 3.77. The van der Waals surface area contributed by atoms with E-state index in [0.29, 0.717) is 31.7 Å². The molecule has 0 bridgehead atoms. The minimum absolute atomic E-state index is 0.0842. The van der Waals surface area contributed by atoms with Crippen LogP contribution in [0.4, 0.5) is 5.82 Å². The number of hydrogen-bond donors (Lipinski definition) is 0. The second-order valence-corrected chi connectivity index (χ2v) is 7.57. The summed E-state index contributed by atoms with van der Waals surface area (Å²) in [6.07, 6.45) is 1.58. The van der Waals surface area contributed by atoms with Crippen LogP contribution in [-0.2, 0) is 0 Å². The van der Waals surface area contributed by atoms with Crippen molar-refractivity contribution in [2.45, 2.75) is 13.8 Å². The molecule has 1 aromatic carbocycles. The van der Waals surface area contributed by atoms with Crippen LogP contribution in [0, 0.1) is 13.8 Å². The van der Waals surface area contributed by atoms with Crippen molar-refractivity contribution < 1.29 is 4.79 Å². The van der Waals surface area contributed by atoms with Crippen LogP contribution >= 0.6 is 11.6 Å². The molecule has 3 aromatic rings. The molecule has 0 aliphatic carbocycles. The first-order chi connectivity index (χ1) is 14.0. The van der Waals surface area contributed by atoms with E-state index in [1.165, 1.54) is 11.1 Å². The highest BCUT2D eigenvalue weighted by Crippen LogP contribution is 2.24. The number of aromatic nitrogens is 3. The van der Waals surface area contributed by atoms with Gasteiger partial charge in [0.25, 0.3) is 5.91 Å². The molecule has 0 atom stereocenters. The quantitative estimate of drug-likeness (QED) is 0.618. The van der Waals surface area contributed by atoms with Crippen LogP contribution in [0.25, 0.3) is 11.3 Å². The highest BCUT2D eigenvalue weighted by molar-refractivity contribution is 6.32. The maximum absolute atomic E-state index is 12.7. The summed E-state index contributed by atoms with van der Waals surface area (Å²) in [5.41, 5.74) is 4.83. The number of carbonyl (C=O) groups excluding carboxylic acids is 1. The van der Waals surface area contributed by atoms with E-state index in [9.17, 15) is 4.79 Å². The molecule has 0 N–H and O–H groups in total. The zero-order chi connectivity index (χ0) is 20.4. The number of amides is 1. The summed E-state index contributed by atoms with van der Waals surface area (Å²) in [5.74, 6) is 0.740. The zero-order valence-electron chi connectivity index (χ0n) is 16.5. The van der Waals surface area contributed by atoms with E-state index in [-0.39, 0.29) is 11.1 Å². The summed E-state index contributed by atoms with van der Waals surface area (Å²) in [6, 6.07) is 13.8. The van der Waals surface area contributed by atoms with Gasteiger partial charge in [-0.25, -0.2) is 4.98 Å². The van der Waals surface area contributed by atoms with Crippen molar-refractivity contribution in [3.63, 3.8) is 0 Å². The molecule has 1 saturated heterocycles. The lowest BCUT2D eigenvalue weighted by atomic mass is 10.0. The molecular weight excluding hydrogens is 386 g/mol. The molecule has 0 radical (unpaired) electrons. The fourth-order valence-electron chi connectivity index (χ4n) is 3.59. The Hall–Kier alpha value is -2.99. The average molecular weight is 408 g/mol. The third kappa shape index (κ3) is 4.07. The van der Waals surface area contributed by atoms with Gasteiger partial charge in [-0.1, -0.05) is 35.4 Å². The molecule has 0 spiro atoms. The topological polar surface area (TPSA) is 62.2 Å². The number of benzene rings is 1. The first-order valence-electron chi connectivity index (χ1n) is 9.59. The molecule has 1 aliphatic heterocycles. The molecule has 6 nitrogen and oxygen atoms in total. The maximum atomic E-state index is 12.7. The van der Waals surface area contributed by atoms with Gasteiger partial charge in [0, 0.05) is 37.9 Å². The van der Waals surface area contributed by atoms with Crippen LogP contribution in [0.5, 0.6) is 0 Å².